The van der Waals surface area contributed by atoms with E-state index in [9.17, 15) is 0 Å². The topological polar surface area (TPSA) is 0 Å². The van der Waals surface area contributed by atoms with E-state index < -0.39 is 0 Å². The Balaban J connectivity index is 1.84. The van der Waals surface area contributed by atoms with Crippen molar-refractivity contribution in [3.8, 4) is 0 Å². The molecule has 4 atom stereocenters. The lowest BCUT2D eigenvalue weighted by atomic mass is 9.80. The van der Waals surface area contributed by atoms with Crippen LogP contribution in [0.5, 0.6) is 0 Å². The van der Waals surface area contributed by atoms with Crippen molar-refractivity contribution in [1.29, 1.82) is 0 Å². The van der Waals surface area contributed by atoms with E-state index >= 15 is 0 Å². The minimum Gasteiger partial charge on any atom is -0.0817 e. The van der Waals surface area contributed by atoms with Gasteiger partial charge in [-0.3, -0.25) is 0 Å². The first-order chi connectivity index (χ1) is 7.33. The van der Waals surface area contributed by atoms with Crippen molar-refractivity contribution in [3.05, 3.63) is 11.6 Å². The fourth-order valence-electron chi connectivity index (χ4n) is 4.09. The standard InChI is InChI=1S/C15H24/c1-11-2-4-12-5-7-14-9-8-13(6-3-11)15(14)10-12/h10-14H,2-9H2,1H3. The molecule has 0 amide bonds. The summed E-state index contributed by atoms with van der Waals surface area (Å²) in [5.41, 5.74) is 1.90. The van der Waals surface area contributed by atoms with E-state index in [1.165, 1.54) is 51.4 Å². The van der Waals surface area contributed by atoms with Crippen molar-refractivity contribution in [1.82, 2.24) is 0 Å². The van der Waals surface area contributed by atoms with Crippen LogP contribution >= 0.6 is 0 Å². The van der Waals surface area contributed by atoms with Crippen molar-refractivity contribution in [3.63, 3.8) is 0 Å². The first kappa shape index (κ1) is 9.93. The van der Waals surface area contributed by atoms with Crippen molar-refractivity contribution in [2.45, 2.75) is 58.3 Å². The summed E-state index contributed by atoms with van der Waals surface area (Å²) in [4.78, 5) is 0. The fourth-order valence-corrected chi connectivity index (χ4v) is 4.09. The van der Waals surface area contributed by atoms with Gasteiger partial charge in [-0.25, -0.2) is 0 Å². The van der Waals surface area contributed by atoms with Gasteiger partial charge in [-0.15, -0.1) is 0 Å². The highest BCUT2D eigenvalue weighted by atomic mass is 14.4. The Morgan fingerprint density at radius 3 is 2.13 bits per heavy atom. The monoisotopic (exact) mass is 204 g/mol. The Hall–Kier alpha value is -0.260. The maximum absolute atomic E-state index is 2.71. The Bertz CT molecular complexity index is 263. The summed E-state index contributed by atoms with van der Waals surface area (Å²) < 4.78 is 0. The maximum Gasteiger partial charge on any atom is -0.0200 e. The van der Waals surface area contributed by atoms with E-state index in [0.29, 0.717) is 0 Å². The molecule has 3 aliphatic carbocycles. The zero-order chi connectivity index (χ0) is 10.3. The molecule has 1 saturated carbocycles. The van der Waals surface area contributed by atoms with Crippen molar-refractivity contribution in [2.24, 2.45) is 23.7 Å². The van der Waals surface area contributed by atoms with Crippen LogP contribution in [-0.2, 0) is 0 Å². The van der Waals surface area contributed by atoms with Crippen LogP contribution in [0.15, 0.2) is 11.6 Å². The molecule has 15 heavy (non-hydrogen) atoms. The molecule has 0 N–H and O–H groups in total. The summed E-state index contributed by atoms with van der Waals surface area (Å²) in [6.07, 6.45) is 14.7. The van der Waals surface area contributed by atoms with Crippen LogP contribution < -0.4 is 0 Å². The SMILES string of the molecule is CC1CCC2C=C3C(CC1)CCC3CC2. The highest BCUT2D eigenvalue weighted by Crippen LogP contribution is 2.47. The molecule has 0 spiro atoms. The highest BCUT2D eigenvalue weighted by molar-refractivity contribution is 5.20. The normalized spacial score (nSPS) is 45.3. The smallest absolute Gasteiger partial charge is 0.0200 e. The molecule has 0 heteroatoms. The Morgan fingerprint density at radius 1 is 0.800 bits per heavy atom. The summed E-state index contributed by atoms with van der Waals surface area (Å²) in [7, 11) is 0. The minimum absolute atomic E-state index is 0.956. The predicted octanol–water partition coefficient (Wildman–Crippen LogP) is 4.56. The first-order valence-electron chi connectivity index (χ1n) is 7.04. The molecule has 0 aromatic rings. The zero-order valence-corrected chi connectivity index (χ0v) is 10.0. The van der Waals surface area contributed by atoms with Gasteiger partial charge in [0.15, 0.2) is 0 Å². The number of hydrogen-bond donors (Lipinski definition) is 0. The second kappa shape index (κ2) is 3.96. The summed E-state index contributed by atoms with van der Waals surface area (Å²) in [6, 6.07) is 0. The molecular weight excluding hydrogens is 180 g/mol. The average molecular weight is 204 g/mol. The van der Waals surface area contributed by atoms with Gasteiger partial charge in [0.2, 0.25) is 0 Å². The third kappa shape index (κ3) is 1.88. The molecule has 0 aromatic heterocycles. The van der Waals surface area contributed by atoms with Crippen LogP contribution in [0.3, 0.4) is 0 Å². The van der Waals surface area contributed by atoms with Gasteiger partial charge in [0.1, 0.15) is 0 Å². The van der Waals surface area contributed by atoms with E-state index in [1.54, 1.807) is 0 Å². The van der Waals surface area contributed by atoms with Crippen molar-refractivity contribution >= 4 is 0 Å². The lowest BCUT2D eigenvalue weighted by Crippen LogP contribution is -2.12. The van der Waals surface area contributed by atoms with Crippen LogP contribution in [0.4, 0.5) is 0 Å². The third-order valence-corrected chi connectivity index (χ3v) is 5.16. The number of fused-ring (bicyclic) bond motifs is 1. The minimum atomic E-state index is 0.956. The number of hydrogen-bond acceptors (Lipinski definition) is 0. The highest BCUT2D eigenvalue weighted by Gasteiger charge is 2.34. The second-order valence-corrected chi connectivity index (χ2v) is 6.24. The largest absolute Gasteiger partial charge is 0.0817 e. The summed E-state index contributed by atoms with van der Waals surface area (Å²) in [6.45, 7) is 2.46. The van der Waals surface area contributed by atoms with Gasteiger partial charge >= 0.3 is 0 Å². The van der Waals surface area contributed by atoms with E-state index in [-0.39, 0.29) is 0 Å². The quantitative estimate of drug-likeness (QED) is 0.507. The lowest BCUT2D eigenvalue weighted by molar-refractivity contribution is 0.380. The van der Waals surface area contributed by atoms with Gasteiger partial charge in [0, 0.05) is 0 Å². The van der Waals surface area contributed by atoms with Gasteiger partial charge in [0.05, 0.1) is 0 Å². The molecule has 0 radical (unpaired) electrons. The Kier molecular flexibility index (Phi) is 2.62. The molecule has 0 nitrogen and oxygen atoms in total. The molecule has 0 heterocycles. The summed E-state index contributed by atoms with van der Waals surface area (Å²) >= 11 is 0. The summed E-state index contributed by atoms with van der Waals surface area (Å²) in [5, 5.41) is 0. The van der Waals surface area contributed by atoms with Crippen LogP contribution in [0, 0.1) is 23.7 Å². The molecule has 84 valence electrons. The fraction of sp³-hybridized carbons (Fsp3) is 0.867. The van der Waals surface area contributed by atoms with Gasteiger partial charge in [0.25, 0.3) is 0 Å². The van der Waals surface area contributed by atoms with Crippen LogP contribution in [0.2, 0.25) is 0 Å². The second-order valence-electron chi connectivity index (χ2n) is 6.24. The third-order valence-electron chi connectivity index (χ3n) is 5.16. The lowest BCUT2D eigenvalue weighted by Gasteiger charge is -2.25. The Labute approximate surface area is 94.1 Å². The molecule has 4 unspecified atom stereocenters. The number of rotatable bonds is 0. The predicted molar refractivity (Wildman–Crippen MR) is 64.7 cm³/mol. The van der Waals surface area contributed by atoms with Gasteiger partial charge in [-0.2, -0.15) is 0 Å². The van der Waals surface area contributed by atoms with Crippen LogP contribution in [0.25, 0.3) is 0 Å². The molecule has 3 rings (SSSR count). The molecular formula is C15H24. The molecule has 0 aromatic carbocycles. The van der Waals surface area contributed by atoms with Gasteiger partial charge in [-0.1, -0.05) is 31.4 Å². The maximum atomic E-state index is 2.71. The van der Waals surface area contributed by atoms with Gasteiger partial charge < -0.3 is 0 Å². The van der Waals surface area contributed by atoms with E-state index in [1.807, 2.05) is 5.57 Å². The molecule has 1 fully saturated rings. The zero-order valence-electron chi connectivity index (χ0n) is 10.0. The van der Waals surface area contributed by atoms with Crippen molar-refractivity contribution in [2.75, 3.05) is 0 Å². The van der Waals surface area contributed by atoms with E-state index in [2.05, 4.69) is 13.0 Å². The molecule has 0 saturated heterocycles. The van der Waals surface area contributed by atoms with Gasteiger partial charge in [-0.05, 0) is 62.2 Å². The first-order valence-corrected chi connectivity index (χ1v) is 7.04. The average Bonchev–Trinajstić information content (AvgIpc) is 2.65. The molecule has 3 aliphatic rings. The van der Waals surface area contributed by atoms with Crippen LogP contribution in [-0.4, -0.2) is 0 Å². The van der Waals surface area contributed by atoms with E-state index in [4.69, 9.17) is 0 Å². The molecule has 2 bridgehead atoms. The number of allylic oxidation sites excluding steroid dienone is 2. The summed E-state index contributed by atoms with van der Waals surface area (Å²) in [5.74, 6) is 3.95. The van der Waals surface area contributed by atoms with Crippen LogP contribution in [0.1, 0.15) is 58.3 Å². The molecule has 0 aliphatic heterocycles. The van der Waals surface area contributed by atoms with E-state index in [0.717, 1.165) is 23.7 Å². The Morgan fingerprint density at radius 2 is 1.33 bits per heavy atom. The van der Waals surface area contributed by atoms with Crippen molar-refractivity contribution < 1.29 is 0 Å².